The van der Waals surface area contributed by atoms with Gasteiger partial charge >= 0.3 is 12.1 Å². The average Bonchev–Trinajstić information content (AvgIpc) is 3.40. The van der Waals surface area contributed by atoms with Crippen LogP contribution < -0.4 is 15.6 Å². The zero-order valence-electron chi connectivity index (χ0n) is 18.7. The second-order valence-electron chi connectivity index (χ2n) is 8.23. The molecule has 4 aromatic rings. The van der Waals surface area contributed by atoms with Gasteiger partial charge in [0.15, 0.2) is 5.75 Å². The molecule has 190 valence electrons. The first kappa shape index (κ1) is 23.9. The summed E-state index contributed by atoms with van der Waals surface area (Å²) in [6, 6.07) is 7.87. The minimum absolute atomic E-state index is 0.0509. The van der Waals surface area contributed by atoms with Crippen molar-refractivity contribution in [2.24, 2.45) is 0 Å². The number of hydrogen-bond donors (Lipinski definition) is 4. The van der Waals surface area contributed by atoms with E-state index in [0.29, 0.717) is 11.3 Å². The van der Waals surface area contributed by atoms with Crippen molar-refractivity contribution in [3.63, 3.8) is 0 Å². The number of aromatic amines is 1. The highest BCUT2D eigenvalue weighted by molar-refractivity contribution is 6.05. The molecule has 0 saturated carbocycles. The molecule has 2 aromatic heterocycles. The predicted molar refractivity (Wildman–Crippen MR) is 123 cm³/mol. The molecule has 4 N–H and O–H groups in total. The number of halogens is 3. The fourth-order valence-electron chi connectivity index (χ4n) is 4.35. The van der Waals surface area contributed by atoms with Crippen LogP contribution in [0.2, 0.25) is 0 Å². The molecule has 0 spiro atoms. The summed E-state index contributed by atoms with van der Waals surface area (Å²) in [6.45, 7) is -0.981. The molecule has 10 nitrogen and oxygen atoms in total. The zero-order chi connectivity index (χ0) is 26.5. The molecule has 1 amide bonds. The van der Waals surface area contributed by atoms with Gasteiger partial charge in [-0.2, -0.15) is 18.3 Å². The molecule has 0 aliphatic carbocycles. The van der Waals surface area contributed by atoms with Gasteiger partial charge in [0.05, 0.1) is 22.8 Å². The SMILES string of the molecule is O=C(O)CNC(=O)c1c(O)c2ccc(-c3ccn[nH]3)c3c2n(c1=O)C(c1ccc(C(F)(F)F)cc1)CO3. The lowest BCUT2D eigenvalue weighted by atomic mass is 9.98. The van der Waals surface area contributed by atoms with Crippen molar-refractivity contribution < 1.29 is 37.7 Å². The molecular weight excluding hydrogens is 497 g/mol. The maximum Gasteiger partial charge on any atom is 0.416 e. The topological polar surface area (TPSA) is 147 Å². The summed E-state index contributed by atoms with van der Waals surface area (Å²) in [5.74, 6) is -2.98. The van der Waals surface area contributed by atoms with Crippen LogP contribution in [0.1, 0.15) is 27.5 Å². The number of alkyl halides is 3. The van der Waals surface area contributed by atoms with Crippen molar-refractivity contribution >= 4 is 22.8 Å². The van der Waals surface area contributed by atoms with Crippen LogP contribution in [0.3, 0.4) is 0 Å². The van der Waals surface area contributed by atoms with Gasteiger partial charge in [-0.3, -0.25) is 24.0 Å². The van der Waals surface area contributed by atoms with Gasteiger partial charge in [0.1, 0.15) is 24.5 Å². The number of carbonyl (C=O) groups excluding carboxylic acids is 1. The van der Waals surface area contributed by atoms with Crippen LogP contribution in [-0.2, 0) is 11.0 Å². The number of carboxylic acids is 1. The molecule has 0 fully saturated rings. The van der Waals surface area contributed by atoms with Crippen LogP contribution >= 0.6 is 0 Å². The first-order valence-corrected chi connectivity index (χ1v) is 10.8. The summed E-state index contributed by atoms with van der Waals surface area (Å²) in [4.78, 5) is 37.3. The number of rotatable bonds is 5. The van der Waals surface area contributed by atoms with Crippen LogP contribution in [0.4, 0.5) is 13.2 Å². The van der Waals surface area contributed by atoms with Gasteiger partial charge in [-0.05, 0) is 35.9 Å². The maximum atomic E-state index is 13.7. The molecule has 1 atom stereocenters. The van der Waals surface area contributed by atoms with Crippen LogP contribution in [-0.4, -0.2) is 50.0 Å². The van der Waals surface area contributed by atoms with E-state index >= 15 is 0 Å². The number of aromatic nitrogens is 3. The molecule has 0 bridgehead atoms. The number of carboxylic acid groups (broad SMARTS) is 1. The lowest BCUT2D eigenvalue weighted by molar-refractivity contribution is -0.138. The van der Waals surface area contributed by atoms with E-state index in [2.05, 4.69) is 15.5 Å². The van der Waals surface area contributed by atoms with Gasteiger partial charge in [0.2, 0.25) is 0 Å². The third kappa shape index (κ3) is 4.03. The van der Waals surface area contributed by atoms with Crippen LogP contribution in [0.15, 0.2) is 53.5 Å². The Balaban J connectivity index is 1.77. The maximum absolute atomic E-state index is 13.7. The van der Waals surface area contributed by atoms with Crippen molar-refractivity contribution in [2.75, 3.05) is 13.2 Å². The number of aliphatic carboxylic acids is 1. The summed E-state index contributed by atoms with van der Waals surface area (Å²) < 4.78 is 46.5. The zero-order valence-corrected chi connectivity index (χ0v) is 18.7. The van der Waals surface area contributed by atoms with Crippen LogP contribution in [0.25, 0.3) is 22.2 Å². The monoisotopic (exact) mass is 514 g/mol. The Bertz CT molecular complexity index is 1590. The van der Waals surface area contributed by atoms with Crippen LogP contribution in [0.5, 0.6) is 11.5 Å². The van der Waals surface area contributed by atoms with E-state index in [4.69, 9.17) is 9.84 Å². The fourth-order valence-corrected chi connectivity index (χ4v) is 4.35. The Labute approximate surface area is 204 Å². The number of amides is 1. The van der Waals surface area contributed by atoms with E-state index in [9.17, 15) is 32.7 Å². The van der Waals surface area contributed by atoms with Gasteiger partial charge in [0, 0.05) is 17.1 Å². The first-order chi connectivity index (χ1) is 17.6. The van der Waals surface area contributed by atoms with E-state index in [1.165, 1.54) is 29.0 Å². The summed E-state index contributed by atoms with van der Waals surface area (Å²) >= 11 is 0. The van der Waals surface area contributed by atoms with Crippen molar-refractivity contribution in [1.29, 1.82) is 0 Å². The molecule has 1 unspecified atom stereocenters. The molecule has 5 rings (SSSR count). The molecule has 1 aliphatic rings. The molecule has 0 saturated heterocycles. The number of H-pyrrole nitrogens is 1. The molecule has 1 aliphatic heterocycles. The highest BCUT2D eigenvalue weighted by Gasteiger charge is 2.34. The Hall–Kier alpha value is -4.81. The minimum Gasteiger partial charge on any atom is -0.506 e. The highest BCUT2D eigenvalue weighted by atomic mass is 19.4. The number of carbonyl (C=O) groups is 2. The molecule has 0 radical (unpaired) electrons. The highest BCUT2D eigenvalue weighted by Crippen LogP contribution is 2.44. The summed E-state index contributed by atoms with van der Waals surface area (Å²) in [6.07, 6.45) is -3.06. The molecular formula is C24H17F3N4O6. The number of hydrogen-bond acceptors (Lipinski definition) is 6. The Morgan fingerprint density at radius 2 is 1.89 bits per heavy atom. The number of benzene rings is 2. The smallest absolute Gasteiger partial charge is 0.416 e. The molecule has 3 heterocycles. The van der Waals surface area contributed by atoms with Gasteiger partial charge in [-0.1, -0.05) is 12.1 Å². The fraction of sp³-hybridized carbons (Fsp3) is 0.167. The molecule has 2 aromatic carbocycles. The van der Waals surface area contributed by atoms with Gasteiger partial charge in [0.25, 0.3) is 11.5 Å². The lowest BCUT2D eigenvalue weighted by Crippen LogP contribution is -2.39. The van der Waals surface area contributed by atoms with Gasteiger partial charge in [-0.15, -0.1) is 0 Å². The second kappa shape index (κ2) is 8.69. The van der Waals surface area contributed by atoms with E-state index in [1.807, 2.05) is 0 Å². The van der Waals surface area contributed by atoms with E-state index in [1.54, 1.807) is 12.1 Å². The normalized spacial score (nSPS) is 14.8. The Kier molecular flexibility index (Phi) is 5.62. The number of nitrogens with one attached hydrogen (secondary N) is 2. The van der Waals surface area contributed by atoms with E-state index in [0.717, 1.165) is 12.1 Å². The second-order valence-corrected chi connectivity index (χ2v) is 8.23. The number of aromatic hydroxyl groups is 1. The average molecular weight is 514 g/mol. The largest absolute Gasteiger partial charge is 0.506 e. The van der Waals surface area contributed by atoms with Crippen molar-refractivity contribution in [3.05, 3.63) is 75.7 Å². The van der Waals surface area contributed by atoms with Crippen molar-refractivity contribution in [1.82, 2.24) is 20.1 Å². The summed E-state index contributed by atoms with van der Waals surface area (Å²) in [7, 11) is 0. The summed E-state index contributed by atoms with van der Waals surface area (Å²) in [5, 5.41) is 28.6. The number of nitrogens with zero attached hydrogens (tertiary/aromatic N) is 2. The van der Waals surface area contributed by atoms with Crippen LogP contribution in [0, 0.1) is 0 Å². The number of ether oxygens (including phenoxy) is 1. The summed E-state index contributed by atoms with van der Waals surface area (Å²) in [5.41, 5.74) is -1.13. The first-order valence-electron chi connectivity index (χ1n) is 10.8. The molecule has 37 heavy (non-hydrogen) atoms. The van der Waals surface area contributed by atoms with E-state index < -0.39 is 53.1 Å². The predicted octanol–water partition coefficient (Wildman–Crippen LogP) is 2.91. The molecule has 13 heteroatoms. The quantitative estimate of drug-likeness (QED) is 0.320. The third-order valence-corrected chi connectivity index (χ3v) is 6.04. The van der Waals surface area contributed by atoms with Gasteiger partial charge < -0.3 is 20.3 Å². The lowest BCUT2D eigenvalue weighted by Gasteiger charge is -2.31. The van der Waals surface area contributed by atoms with Crippen molar-refractivity contribution in [3.8, 4) is 22.8 Å². The number of pyridine rings is 1. The van der Waals surface area contributed by atoms with E-state index in [-0.39, 0.29) is 28.8 Å². The standard InChI is InChI=1S/C24H17F3N4O6/c25-24(26,27)12-3-1-11(2-4-12)16-10-37-21-13(15-7-8-29-30-15)5-6-14-19(21)31(16)23(36)18(20(14)34)22(35)28-9-17(32)33/h1-8,16,34H,9-10H2,(H,28,35)(H,29,30)(H,32,33). The van der Waals surface area contributed by atoms with Crippen molar-refractivity contribution in [2.45, 2.75) is 12.2 Å². The van der Waals surface area contributed by atoms with Gasteiger partial charge in [-0.25, -0.2) is 0 Å². The Morgan fingerprint density at radius 1 is 1.16 bits per heavy atom. The third-order valence-electron chi connectivity index (χ3n) is 6.04. The minimum atomic E-state index is -4.56. The Morgan fingerprint density at radius 3 is 2.51 bits per heavy atom.